The molecule has 0 aliphatic heterocycles. The molecule has 1 atom stereocenters. The van der Waals surface area contributed by atoms with E-state index >= 15 is 0 Å². The summed E-state index contributed by atoms with van der Waals surface area (Å²) in [5, 5.41) is 3.55. The summed E-state index contributed by atoms with van der Waals surface area (Å²) < 4.78 is 5.74. The number of nitrogens with one attached hydrogen (secondary N) is 1. The fourth-order valence-corrected chi connectivity index (χ4v) is 2.35. The second kappa shape index (κ2) is 8.42. The minimum Gasteiger partial charge on any atom is -0.494 e. The summed E-state index contributed by atoms with van der Waals surface area (Å²) in [6.07, 6.45) is 5.67. The van der Waals surface area contributed by atoms with E-state index in [1.54, 1.807) is 0 Å². The molecule has 0 bridgehead atoms. The summed E-state index contributed by atoms with van der Waals surface area (Å²) in [7, 11) is 0. The highest BCUT2D eigenvalue weighted by atomic mass is 16.5. The number of pyridine rings is 1. The van der Waals surface area contributed by atoms with E-state index in [1.807, 2.05) is 18.5 Å². The van der Waals surface area contributed by atoms with Gasteiger partial charge in [0.15, 0.2) is 0 Å². The topological polar surface area (TPSA) is 34.1 Å². The van der Waals surface area contributed by atoms with Crippen molar-refractivity contribution in [3.8, 4) is 5.75 Å². The number of hydrogen-bond donors (Lipinski definition) is 1. The van der Waals surface area contributed by atoms with Gasteiger partial charge in [-0.25, -0.2) is 0 Å². The molecule has 1 aromatic carbocycles. The normalized spacial score (nSPS) is 12.1. The van der Waals surface area contributed by atoms with Crippen molar-refractivity contribution in [1.82, 2.24) is 10.3 Å². The van der Waals surface area contributed by atoms with Gasteiger partial charge in [0.25, 0.3) is 0 Å². The number of nitrogens with zero attached hydrogens (tertiary/aromatic N) is 1. The van der Waals surface area contributed by atoms with Crippen LogP contribution in [0.15, 0.2) is 48.8 Å². The molecule has 0 saturated heterocycles. The van der Waals surface area contributed by atoms with Crippen LogP contribution in [0.25, 0.3) is 0 Å². The van der Waals surface area contributed by atoms with Gasteiger partial charge in [-0.05, 0) is 54.8 Å². The summed E-state index contributed by atoms with van der Waals surface area (Å²) >= 11 is 0. The van der Waals surface area contributed by atoms with E-state index in [0.717, 1.165) is 31.7 Å². The van der Waals surface area contributed by atoms with Gasteiger partial charge in [0.2, 0.25) is 0 Å². The van der Waals surface area contributed by atoms with Crippen LogP contribution in [0.1, 0.15) is 37.4 Å². The Hall–Kier alpha value is -1.87. The number of hydrogen-bond acceptors (Lipinski definition) is 3. The fraction of sp³-hybridized carbons (Fsp3) is 0.389. The van der Waals surface area contributed by atoms with Gasteiger partial charge in [-0.15, -0.1) is 0 Å². The first-order chi connectivity index (χ1) is 10.3. The molecule has 2 aromatic rings. The van der Waals surface area contributed by atoms with Crippen LogP contribution in [0.4, 0.5) is 0 Å². The van der Waals surface area contributed by atoms with Crippen LogP contribution in [0.2, 0.25) is 0 Å². The molecule has 1 N–H and O–H groups in total. The van der Waals surface area contributed by atoms with Gasteiger partial charge in [-0.3, -0.25) is 4.98 Å². The zero-order chi connectivity index (χ0) is 14.9. The predicted octanol–water partition coefficient (Wildman–Crippen LogP) is 3.76. The maximum atomic E-state index is 5.74. The van der Waals surface area contributed by atoms with Crippen LogP contribution in [0, 0.1) is 0 Å². The van der Waals surface area contributed by atoms with Gasteiger partial charge < -0.3 is 10.1 Å². The highest BCUT2D eigenvalue weighted by Crippen LogP contribution is 2.22. The Morgan fingerprint density at radius 3 is 2.67 bits per heavy atom. The van der Waals surface area contributed by atoms with Crippen LogP contribution in [0.5, 0.6) is 5.75 Å². The number of benzene rings is 1. The van der Waals surface area contributed by atoms with Crippen LogP contribution in [-0.2, 0) is 6.42 Å². The number of aromatic nitrogens is 1. The van der Waals surface area contributed by atoms with E-state index < -0.39 is 0 Å². The largest absolute Gasteiger partial charge is 0.494 e. The van der Waals surface area contributed by atoms with E-state index in [0.29, 0.717) is 6.04 Å². The lowest BCUT2D eigenvalue weighted by Crippen LogP contribution is -2.23. The summed E-state index contributed by atoms with van der Waals surface area (Å²) in [5.74, 6) is 0.951. The molecule has 0 aliphatic rings. The summed E-state index contributed by atoms with van der Waals surface area (Å²) in [4.78, 5) is 4.08. The second-order valence-electron chi connectivity index (χ2n) is 5.09. The van der Waals surface area contributed by atoms with Crippen molar-refractivity contribution in [3.05, 3.63) is 59.9 Å². The monoisotopic (exact) mass is 284 g/mol. The summed E-state index contributed by atoms with van der Waals surface area (Å²) in [5.41, 5.74) is 2.55. The Labute approximate surface area is 127 Å². The van der Waals surface area contributed by atoms with Crippen molar-refractivity contribution in [2.45, 2.75) is 32.7 Å². The van der Waals surface area contributed by atoms with Gasteiger partial charge in [0.05, 0.1) is 6.61 Å². The number of likely N-dealkylation sites (N-methyl/N-ethyl adjacent to an activating group) is 1. The van der Waals surface area contributed by atoms with Crippen LogP contribution >= 0.6 is 0 Å². The molecule has 112 valence electrons. The zero-order valence-electron chi connectivity index (χ0n) is 12.9. The number of rotatable bonds is 8. The lowest BCUT2D eigenvalue weighted by Gasteiger charge is -2.19. The lowest BCUT2D eigenvalue weighted by molar-refractivity contribution is 0.316. The van der Waals surface area contributed by atoms with Gasteiger partial charge in [0, 0.05) is 18.4 Å². The summed E-state index contributed by atoms with van der Waals surface area (Å²) in [6, 6.07) is 12.8. The van der Waals surface area contributed by atoms with Gasteiger partial charge >= 0.3 is 0 Å². The van der Waals surface area contributed by atoms with Gasteiger partial charge in [-0.1, -0.05) is 26.0 Å². The summed E-state index contributed by atoms with van der Waals surface area (Å²) in [6.45, 7) is 5.96. The van der Waals surface area contributed by atoms with Crippen molar-refractivity contribution in [2.24, 2.45) is 0 Å². The van der Waals surface area contributed by atoms with Crippen LogP contribution in [0.3, 0.4) is 0 Å². The van der Waals surface area contributed by atoms with E-state index in [2.05, 4.69) is 54.5 Å². The number of ether oxygens (including phenoxy) is 1. The molecule has 0 radical (unpaired) electrons. The third kappa shape index (κ3) is 4.87. The standard InChI is InChI=1S/C18H24N2O/c1-3-12-21-17-7-5-6-16(14-17)18(20-4-2)13-15-8-10-19-11-9-15/h5-11,14,18,20H,3-4,12-13H2,1-2H3. The van der Waals surface area contributed by atoms with E-state index in [-0.39, 0.29) is 0 Å². The molecule has 0 spiro atoms. The quantitative estimate of drug-likeness (QED) is 0.801. The minimum absolute atomic E-state index is 0.294. The molecule has 3 heteroatoms. The van der Waals surface area contributed by atoms with Crippen molar-refractivity contribution in [1.29, 1.82) is 0 Å². The molecular formula is C18H24N2O. The van der Waals surface area contributed by atoms with Gasteiger partial charge in [-0.2, -0.15) is 0 Å². The van der Waals surface area contributed by atoms with E-state index in [9.17, 15) is 0 Å². The van der Waals surface area contributed by atoms with Gasteiger partial charge in [0.1, 0.15) is 5.75 Å². The average Bonchev–Trinajstić information content (AvgIpc) is 2.54. The molecule has 21 heavy (non-hydrogen) atoms. The molecule has 0 fully saturated rings. The Balaban J connectivity index is 2.13. The SMILES string of the molecule is CCCOc1cccc(C(Cc2ccncc2)NCC)c1. The maximum Gasteiger partial charge on any atom is 0.119 e. The first-order valence-electron chi connectivity index (χ1n) is 7.68. The predicted molar refractivity (Wildman–Crippen MR) is 86.6 cm³/mol. The second-order valence-corrected chi connectivity index (χ2v) is 5.09. The highest BCUT2D eigenvalue weighted by molar-refractivity contribution is 5.31. The third-order valence-corrected chi connectivity index (χ3v) is 3.37. The Kier molecular flexibility index (Phi) is 6.22. The first-order valence-corrected chi connectivity index (χ1v) is 7.68. The van der Waals surface area contributed by atoms with Crippen molar-refractivity contribution in [2.75, 3.05) is 13.2 Å². The molecule has 3 nitrogen and oxygen atoms in total. The Morgan fingerprint density at radius 2 is 1.95 bits per heavy atom. The molecule has 0 amide bonds. The Bertz CT molecular complexity index is 528. The lowest BCUT2D eigenvalue weighted by atomic mass is 9.99. The zero-order valence-corrected chi connectivity index (χ0v) is 12.9. The average molecular weight is 284 g/mol. The molecular weight excluding hydrogens is 260 g/mol. The van der Waals surface area contributed by atoms with Crippen molar-refractivity contribution < 1.29 is 4.74 Å². The fourth-order valence-electron chi connectivity index (χ4n) is 2.35. The smallest absolute Gasteiger partial charge is 0.119 e. The molecule has 0 saturated carbocycles. The maximum absolute atomic E-state index is 5.74. The molecule has 2 rings (SSSR count). The molecule has 1 heterocycles. The minimum atomic E-state index is 0.294. The van der Waals surface area contributed by atoms with Crippen LogP contribution < -0.4 is 10.1 Å². The molecule has 1 unspecified atom stereocenters. The highest BCUT2D eigenvalue weighted by Gasteiger charge is 2.12. The van der Waals surface area contributed by atoms with E-state index in [1.165, 1.54) is 11.1 Å². The Morgan fingerprint density at radius 1 is 1.14 bits per heavy atom. The molecule has 1 aromatic heterocycles. The third-order valence-electron chi connectivity index (χ3n) is 3.37. The van der Waals surface area contributed by atoms with E-state index in [4.69, 9.17) is 4.74 Å². The first kappa shape index (κ1) is 15.5. The van der Waals surface area contributed by atoms with Crippen LogP contribution in [-0.4, -0.2) is 18.1 Å². The molecule has 0 aliphatic carbocycles. The van der Waals surface area contributed by atoms with Crippen molar-refractivity contribution in [3.63, 3.8) is 0 Å². The van der Waals surface area contributed by atoms with Crippen molar-refractivity contribution >= 4 is 0 Å².